The van der Waals surface area contributed by atoms with Crippen LogP contribution in [0, 0.1) is 13.8 Å². The number of nitrogens with zero attached hydrogens (tertiary/aromatic N) is 2. The molecule has 3 rings (SSSR count). The summed E-state index contributed by atoms with van der Waals surface area (Å²) in [6, 6.07) is 20.1. The lowest BCUT2D eigenvalue weighted by Gasteiger charge is -2.33. The van der Waals surface area contributed by atoms with Gasteiger partial charge >= 0.3 is 0 Å². The van der Waals surface area contributed by atoms with Crippen molar-refractivity contribution in [2.24, 2.45) is 0 Å². The van der Waals surface area contributed by atoms with E-state index in [0.29, 0.717) is 18.7 Å². The molecule has 3 aromatic rings. The SMILES string of the molecule is CCCNC(=O)[C@@H](CC)N(Cc1cccc(C)c1)C(=O)CN(c1cc(C)ccc1OC)S(=O)(=O)c1ccccc1. The van der Waals surface area contributed by atoms with E-state index < -0.39 is 28.5 Å². The fraction of sp³-hybridized carbons (Fsp3) is 0.355. The van der Waals surface area contributed by atoms with Crippen molar-refractivity contribution in [3.63, 3.8) is 0 Å². The van der Waals surface area contributed by atoms with Crippen LogP contribution in [-0.4, -0.2) is 51.4 Å². The van der Waals surface area contributed by atoms with E-state index in [2.05, 4.69) is 5.32 Å². The van der Waals surface area contributed by atoms with Gasteiger partial charge in [-0.15, -0.1) is 0 Å². The molecule has 0 saturated heterocycles. The van der Waals surface area contributed by atoms with E-state index in [4.69, 9.17) is 4.74 Å². The number of carbonyl (C=O) groups excluding carboxylic acids is 2. The summed E-state index contributed by atoms with van der Waals surface area (Å²) in [7, 11) is -2.72. The van der Waals surface area contributed by atoms with Crippen LogP contribution in [0.4, 0.5) is 5.69 Å². The maximum Gasteiger partial charge on any atom is 0.264 e. The number of aryl methyl sites for hydroxylation is 2. The Bertz CT molecular complexity index is 1410. The molecule has 0 radical (unpaired) electrons. The van der Waals surface area contributed by atoms with Gasteiger partial charge in [-0.2, -0.15) is 0 Å². The molecule has 0 heterocycles. The predicted molar refractivity (Wildman–Crippen MR) is 158 cm³/mol. The van der Waals surface area contributed by atoms with Crippen LogP contribution in [0.2, 0.25) is 0 Å². The van der Waals surface area contributed by atoms with Crippen molar-refractivity contribution in [3.8, 4) is 5.75 Å². The van der Waals surface area contributed by atoms with E-state index in [1.165, 1.54) is 24.1 Å². The van der Waals surface area contributed by atoms with Crippen molar-refractivity contribution in [3.05, 3.63) is 89.5 Å². The third kappa shape index (κ3) is 7.41. The summed E-state index contributed by atoms with van der Waals surface area (Å²) >= 11 is 0. The molecule has 0 saturated carbocycles. The van der Waals surface area contributed by atoms with Crippen LogP contribution >= 0.6 is 0 Å². The topological polar surface area (TPSA) is 96.0 Å². The van der Waals surface area contributed by atoms with Crippen LogP contribution < -0.4 is 14.4 Å². The Kier molecular flexibility index (Phi) is 10.7. The summed E-state index contributed by atoms with van der Waals surface area (Å²) in [6.07, 6.45) is 1.12. The van der Waals surface area contributed by atoms with E-state index >= 15 is 0 Å². The molecule has 214 valence electrons. The quantitative estimate of drug-likeness (QED) is 0.320. The predicted octanol–water partition coefficient (Wildman–Crippen LogP) is 4.84. The lowest BCUT2D eigenvalue weighted by Crippen LogP contribution is -2.52. The average molecular weight is 566 g/mol. The Morgan fingerprint density at radius 2 is 1.62 bits per heavy atom. The van der Waals surface area contributed by atoms with Gasteiger partial charge in [0.2, 0.25) is 11.8 Å². The van der Waals surface area contributed by atoms with Crippen molar-refractivity contribution in [2.45, 2.75) is 58.0 Å². The minimum absolute atomic E-state index is 0.0457. The van der Waals surface area contributed by atoms with E-state index in [1.54, 1.807) is 30.3 Å². The summed E-state index contributed by atoms with van der Waals surface area (Å²) in [4.78, 5) is 28.9. The van der Waals surface area contributed by atoms with E-state index in [0.717, 1.165) is 27.4 Å². The Morgan fingerprint density at radius 3 is 2.25 bits per heavy atom. The third-order valence-electron chi connectivity index (χ3n) is 6.58. The smallest absolute Gasteiger partial charge is 0.264 e. The molecule has 0 aromatic heterocycles. The number of anilines is 1. The molecule has 0 unspecified atom stereocenters. The molecule has 3 aromatic carbocycles. The van der Waals surface area contributed by atoms with Gasteiger partial charge in [-0.3, -0.25) is 13.9 Å². The van der Waals surface area contributed by atoms with Crippen LogP contribution in [0.15, 0.2) is 77.7 Å². The normalized spacial score (nSPS) is 11.9. The van der Waals surface area contributed by atoms with Crippen LogP contribution in [0.5, 0.6) is 5.75 Å². The first kappa shape index (κ1) is 30.7. The van der Waals surface area contributed by atoms with Gasteiger partial charge in [0, 0.05) is 13.1 Å². The lowest BCUT2D eigenvalue weighted by molar-refractivity contribution is -0.140. The molecule has 2 amide bonds. The number of hydrogen-bond acceptors (Lipinski definition) is 5. The summed E-state index contributed by atoms with van der Waals surface area (Å²) in [5.74, 6) is -0.449. The number of rotatable bonds is 13. The largest absolute Gasteiger partial charge is 0.495 e. The van der Waals surface area contributed by atoms with Crippen LogP contribution in [-0.2, 0) is 26.2 Å². The van der Waals surface area contributed by atoms with E-state index in [-0.39, 0.29) is 23.0 Å². The van der Waals surface area contributed by atoms with Gasteiger partial charge < -0.3 is 15.0 Å². The highest BCUT2D eigenvalue weighted by atomic mass is 32.2. The zero-order valence-electron chi connectivity index (χ0n) is 23.9. The molecule has 40 heavy (non-hydrogen) atoms. The number of amides is 2. The standard InChI is InChI=1S/C31H39N3O5S/c1-6-18-32-31(36)27(7-2)33(21-25-13-11-12-23(3)19-25)30(35)22-34(28-20-24(4)16-17-29(28)39-5)40(37,38)26-14-9-8-10-15-26/h8-17,19-20,27H,6-7,18,21-22H2,1-5H3,(H,32,36)/t27-/m1/s1. The first-order valence-electron chi connectivity index (χ1n) is 13.5. The highest BCUT2D eigenvalue weighted by Crippen LogP contribution is 2.33. The van der Waals surface area contributed by atoms with Gasteiger partial charge in [-0.25, -0.2) is 8.42 Å². The summed E-state index contributed by atoms with van der Waals surface area (Å²) in [5, 5.41) is 2.90. The minimum Gasteiger partial charge on any atom is -0.495 e. The lowest BCUT2D eigenvalue weighted by atomic mass is 10.1. The highest BCUT2D eigenvalue weighted by molar-refractivity contribution is 7.92. The van der Waals surface area contributed by atoms with Crippen LogP contribution in [0.25, 0.3) is 0 Å². The van der Waals surface area contributed by atoms with Gasteiger partial charge in [0.05, 0.1) is 17.7 Å². The zero-order chi connectivity index (χ0) is 29.3. The second kappa shape index (κ2) is 14.0. The summed E-state index contributed by atoms with van der Waals surface area (Å²) in [6.45, 7) is 7.72. The molecular weight excluding hydrogens is 526 g/mol. The number of methoxy groups -OCH3 is 1. The maximum absolute atomic E-state index is 14.2. The molecule has 9 heteroatoms. The fourth-order valence-corrected chi connectivity index (χ4v) is 5.96. The van der Waals surface area contributed by atoms with Crippen molar-refractivity contribution in [2.75, 3.05) is 24.5 Å². The first-order valence-corrected chi connectivity index (χ1v) is 14.9. The zero-order valence-corrected chi connectivity index (χ0v) is 24.7. The van der Waals surface area contributed by atoms with Gasteiger partial charge in [0.25, 0.3) is 10.0 Å². The molecule has 0 aliphatic heterocycles. The monoisotopic (exact) mass is 565 g/mol. The average Bonchev–Trinajstić information content (AvgIpc) is 2.94. The van der Waals surface area contributed by atoms with Crippen molar-refractivity contribution < 1.29 is 22.7 Å². The molecule has 1 N–H and O–H groups in total. The fourth-order valence-electron chi connectivity index (χ4n) is 4.52. The Hall–Kier alpha value is -3.85. The number of carbonyl (C=O) groups is 2. The highest BCUT2D eigenvalue weighted by Gasteiger charge is 2.34. The number of nitrogens with one attached hydrogen (secondary N) is 1. The number of sulfonamides is 1. The van der Waals surface area contributed by atoms with Gasteiger partial charge in [0.15, 0.2) is 0 Å². The Morgan fingerprint density at radius 1 is 0.925 bits per heavy atom. The molecule has 8 nitrogen and oxygen atoms in total. The van der Waals surface area contributed by atoms with E-state index in [9.17, 15) is 18.0 Å². The molecular formula is C31H39N3O5S. The van der Waals surface area contributed by atoms with Crippen molar-refractivity contribution in [1.82, 2.24) is 10.2 Å². The molecule has 1 atom stereocenters. The summed E-state index contributed by atoms with van der Waals surface area (Å²) < 4.78 is 34.6. The van der Waals surface area contributed by atoms with Crippen molar-refractivity contribution >= 4 is 27.5 Å². The number of ether oxygens (including phenoxy) is 1. The Balaban J connectivity index is 2.11. The van der Waals surface area contributed by atoms with Crippen molar-refractivity contribution in [1.29, 1.82) is 0 Å². The molecule has 0 fully saturated rings. The molecule has 0 aliphatic carbocycles. The number of hydrogen-bond donors (Lipinski definition) is 1. The second-order valence-corrected chi connectivity index (χ2v) is 11.6. The first-order chi connectivity index (χ1) is 19.1. The van der Waals surface area contributed by atoms with Gasteiger partial charge in [-0.1, -0.05) is 67.9 Å². The van der Waals surface area contributed by atoms with Crippen LogP contribution in [0.3, 0.4) is 0 Å². The van der Waals surface area contributed by atoms with Gasteiger partial charge in [-0.05, 0) is 62.1 Å². The Labute approximate surface area is 238 Å². The minimum atomic E-state index is -4.17. The molecule has 0 aliphatic rings. The molecule has 0 bridgehead atoms. The van der Waals surface area contributed by atoms with Crippen LogP contribution in [0.1, 0.15) is 43.4 Å². The van der Waals surface area contributed by atoms with E-state index in [1.807, 2.05) is 58.0 Å². The number of benzene rings is 3. The van der Waals surface area contributed by atoms with Gasteiger partial charge in [0.1, 0.15) is 18.3 Å². The molecule has 0 spiro atoms. The summed E-state index contributed by atoms with van der Waals surface area (Å²) in [5.41, 5.74) is 2.92. The third-order valence-corrected chi connectivity index (χ3v) is 8.36. The second-order valence-electron chi connectivity index (χ2n) is 9.73. The maximum atomic E-state index is 14.2.